The number of carbonyl (C=O) groups excluding carboxylic acids is 2. The number of aliphatic hydroxyl groups excluding tert-OH is 1. The average Bonchev–Trinajstić information content (AvgIpc) is 2.51. The van der Waals surface area contributed by atoms with Gasteiger partial charge in [0.15, 0.2) is 0 Å². The van der Waals surface area contributed by atoms with Crippen LogP contribution in [0.15, 0.2) is 30.3 Å². The van der Waals surface area contributed by atoms with Gasteiger partial charge in [0.1, 0.15) is 0 Å². The molecule has 116 valence electrons. The van der Waals surface area contributed by atoms with Crippen molar-refractivity contribution in [2.45, 2.75) is 32.2 Å². The molecule has 0 fully saturated rings. The summed E-state index contributed by atoms with van der Waals surface area (Å²) in [5.74, 6) is -0.452. The number of hydrogen-bond donors (Lipinski definition) is 1. The lowest BCUT2D eigenvalue weighted by molar-refractivity contribution is -0.142. The predicted octanol–water partition coefficient (Wildman–Crippen LogP) is 1.39. The molecule has 0 heterocycles. The van der Waals surface area contributed by atoms with E-state index in [4.69, 9.17) is 0 Å². The minimum atomic E-state index is -0.361. The van der Waals surface area contributed by atoms with E-state index in [2.05, 4.69) is 4.74 Å². The molecule has 0 bridgehead atoms. The lowest BCUT2D eigenvalue weighted by Gasteiger charge is -2.29. The maximum absolute atomic E-state index is 12.4. The van der Waals surface area contributed by atoms with E-state index >= 15 is 0 Å². The number of aliphatic hydroxyl groups is 1. The van der Waals surface area contributed by atoms with E-state index in [1.807, 2.05) is 37.3 Å². The van der Waals surface area contributed by atoms with E-state index in [1.54, 1.807) is 4.90 Å². The molecule has 1 atom stereocenters. The minimum absolute atomic E-state index is 0.0917. The number of carbonyl (C=O) groups is 2. The average molecular weight is 293 g/mol. The van der Waals surface area contributed by atoms with Gasteiger partial charge in [0.25, 0.3) is 0 Å². The fourth-order valence-electron chi connectivity index (χ4n) is 2.14. The van der Waals surface area contributed by atoms with Gasteiger partial charge in [0, 0.05) is 6.54 Å². The van der Waals surface area contributed by atoms with Crippen molar-refractivity contribution >= 4 is 11.9 Å². The van der Waals surface area contributed by atoms with Gasteiger partial charge in [-0.15, -0.1) is 0 Å². The van der Waals surface area contributed by atoms with Crippen molar-refractivity contribution in [2.24, 2.45) is 0 Å². The Labute approximate surface area is 125 Å². The van der Waals surface area contributed by atoms with Crippen molar-refractivity contribution < 1.29 is 19.4 Å². The highest BCUT2D eigenvalue weighted by Gasteiger charge is 2.22. The molecule has 1 aromatic rings. The minimum Gasteiger partial charge on any atom is -0.469 e. The van der Waals surface area contributed by atoms with Gasteiger partial charge in [-0.2, -0.15) is 0 Å². The molecule has 21 heavy (non-hydrogen) atoms. The molecule has 0 aliphatic rings. The van der Waals surface area contributed by atoms with Crippen molar-refractivity contribution in [3.05, 3.63) is 35.9 Å². The first-order valence-corrected chi connectivity index (χ1v) is 7.13. The number of rotatable bonds is 8. The van der Waals surface area contributed by atoms with Crippen molar-refractivity contribution in [2.75, 3.05) is 20.3 Å². The lowest BCUT2D eigenvalue weighted by Crippen LogP contribution is -2.44. The largest absolute Gasteiger partial charge is 0.469 e. The van der Waals surface area contributed by atoms with Crippen LogP contribution in [0.1, 0.15) is 25.3 Å². The Morgan fingerprint density at radius 2 is 1.95 bits per heavy atom. The van der Waals surface area contributed by atoms with Gasteiger partial charge >= 0.3 is 5.97 Å². The van der Waals surface area contributed by atoms with Crippen LogP contribution in [0.3, 0.4) is 0 Å². The molecule has 0 aromatic heterocycles. The highest BCUT2D eigenvalue weighted by atomic mass is 16.5. The van der Waals surface area contributed by atoms with Crippen LogP contribution in [0.25, 0.3) is 0 Å². The number of hydrogen-bond acceptors (Lipinski definition) is 4. The zero-order valence-electron chi connectivity index (χ0n) is 12.6. The normalized spacial score (nSPS) is 11.8. The molecular weight excluding hydrogens is 270 g/mol. The molecule has 1 aromatic carbocycles. The van der Waals surface area contributed by atoms with Crippen LogP contribution in [0.2, 0.25) is 0 Å². The molecule has 5 nitrogen and oxygen atoms in total. The molecule has 1 N–H and O–H groups in total. The van der Waals surface area contributed by atoms with Crippen LogP contribution in [0, 0.1) is 0 Å². The zero-order chi connectivity index (χ0) is 15.7. The van der Waals surface area contributed by atoms with Gasteiger partial charge in [0.05, 0.1) is 32.6 Å². The number of esters is 1. The van der Waals surface area contributed by atoms with Crippen LogP contribution in [-0.2, 0) is 20.7 Å². The predicted molar refractivity (Wildman–Crippen MR) is 79.7 cm³/mol. The summed E-state index contributed by atoms with van der Waals surface area (Å²) < 4.78 is 4.61. The maximum Gasteiger partial charge on any atom is 0.307 e. The molecule has 1 rings (SSSR count). The highest BCUT2D eigenvalue weighted by Crippen LogP contribution is 2.10. The van der Waals surface area contributed by atoms with Gasteiger partial charge in [-0.25, -0.2) is 0 Å². The summed E-state index contributed by atoms with van der Waals surface area (Å²) in [6.45, 7) is 2.05. The van der Waals surface area contributed by atoms with Crippen LogP contribution >= 0.6 is 0 Å². The van der Waals surface area contributed by atoms with E-state index in [1.165, 1.54) is 7.11 Å². The van der Waals surface area contributed by atoms with E-state index in [0.29, 0.717) is 6.42 Å². The molecular formula is C16H23NO4. The summed E-state index contributed by atoms with van der Waals surface area (Å²) in [6, 6.07) is 9.15. The first kappa shape index (κ1) is 17.2. The fraction of sp³-hybridized carbons (Fsp3) is 0.500. The van der Waals surface area contributed by atoms with Crippen LogP contribution < -0.4 is 0 Å². The van der Waals surface area contributed by atoms with Gasteiger partial charge in [-0.05, 0) is 12.0 Å². The topological polar surface area (TPSA) is 66.8 Å². The number of nitrogens with zero attached hydrogens (tertiary/aromatic N) is 1. The van der Waals surface area contributed by atoms with E-state index in [0.717, 1.165) is 5.56 Å². The number of methoxy groups -OCH3 is 1. The third-order valence-electron chi connectivity index (χ3n) is 3.43. The third-order valence-corrected chi connectivity index (χ3v) is 3.43. The Balaban J connectivity index is 2.74. The summed E-state index contributed by atoms with van der Waals surface area (Å²) in [6.07, 6.45) is 1.03. The fourth-order valence-corrected chi connectivity index (χ4v) is 2.14. The second-order valence-corrected chi connectivity index (χ2v) is 4.82. The van der Waals surface area contributed by atoms with Crippen molar-refractivity contribution in [3.63, 3.8) is 0 Å². The zero-order valence-corrected chi connectivity index (χ0v) is 12.6. The molecule has 0 aliphatic carbocycles. The standard InChI is InChI=1S/C16H23NO4/c1-3-14(12-18)17(10-9-16(20)21-2)15(19)11-13-7-5-4-6-8-13/h4-8,14,18H,3,9-12H2,1-2H3. The van der Waals surface area contributed by atoms with E-state index in [-0.39, 0.29) is 43.9 Å². The number of amides is 1. The lowest BCUT2D eigenvalue weighted by atomic mass is 10.1. The monoisotopic (exact) mass is 293 g/mol. The van der Waals surface area contributed by atoms with Crippen molar-refractivity contribution in [1.82, 2.24) is 4.90 Å². The Morgan fingerprint density at radius 3 is 2.48 bits per heavy atom. The molecule has 1 amide bonds. The second-order valence-electron chi connectivity index (χ2n) is 4.82. The summed E-state index contributed by atoms with van der Waals surface area (Å²) in [5.41, 5.74) is 0.915. The number of ether oxygens (including phenoxy) is 1. The first-order valence-electron chi connectivity index (χ1n) is 7.13. The Kier molecular flexibility index (Phi) is 7.46. The molecule has 1 unspecified atom stereocenters. The smallest absolute Gasteiger partial charge is 0.307 e. The highest BCUT2D eigenvalue weighted by molar-refractivity contribution is 5.80. The van der Waals surface area contributed by atoms with E-state index in [9.17, 15) is 14.7 Å². The van der Waals surface area contributed by atoms with Gasteiger partial charge in [-0.1, -0.05) is 37.3 Å². The van der Waals surface area contributed by atoms with Crippen LogP contribution in [0.5, 0.6) is 0 Å². The SMILES string of the molecule is CCC(CO)N(CCC(=O)OC)C(=O)Cc1ccccc1. The van der Waals surface area contributed by atoms with Gasteiger partial charge < -0.3 is 14.7 Å². The second kappa shape index (κ2) is 9.13. The summed E-state index contributed by atoms with van der Waals surface area (Å²) >= 11 is 0. The van der Waals surface area contributed by atoms with Crippen molar-refractivity contribution in [1.29, 1.82) is 0 Å². The Hall–Kier alpha value is -1.88. The van der Waals surface area contributed by atoms with Crippen molar-refractivity contribution in [3.8, 4) is 0 Å². The molecule has 5 heteroatoms. The van der Waals surface area contributed by atoms with Crippen LogP contribution in [-0.4, -0.2) is 48.2 Å². The molecule has 0 saturated heterocycles. The van der Waals surface area contributed by atoms with Gasteiger partial charge in [-0.3, -0.25) is 9.59 Å². The maximum atomic E-state index is 12.4. The molecule has 0 saturated carbocycles. The van der Waals surface area contributed by atoms with Gasteiger partial charge in [0.2, 0.25) is 5.91 Å². The Morgan fingerprint density at radius 1 is 1.29 bits per heavy atom. The number of benzene rings is 1. The first-order chi connectivity index (χ1) is 10.1. The quantitative estimate of drug-likeness (QED) is 0.736. The molecule has 0 spiro atoms. The Bertz CT molecular complexity index is 443. The summed E-state index contributed by atoms with van der Waals surface area (Å²) in [7, 11) is 1.32. The van der Waals surface area contributed by atoms with Crippen LogP contribution in [0.4, 0.5) is 0 Å². The molecule has 0 radical (unpaired) electrons. The molecule has 0 aliphatic heterocycles. The van der Waals surface area contributed by atoms with E-state index < -0.39 is 0 Å². The summed E-state index contributed by atoms with van der Waals surface area (Å²) in [4.78, 5) is 25.3. The summed E-state index contributed by atoms with van der Waals surface area (Å²) in [5, 5.41) is 9.42. The third kappa shape index (κ3) is 5.55.